The molecular weight excluding hydrogens is 395 g/mol. The minimum atomic E-state index is -0.00456. The van der Waals surface area contributed by atoms with Crippen molar-refractivity contribution in [2.24, 2.45) is 0 Å². The average Bonchev–Trinajstić information content (AvgIpc) is 2.91. The number of carbonyl (C=O) groups is 1. The van der Waals surface area contributed by atoms with Gasteiger partial charge in [-0.25, -0.2) is 4.98 Å². The van der Waals surface area contributed by atoms with Gasteiger partial charge in [-0.3, -0.25) is 9.69 Å². The molecule has 3 rings (SSSR count). The molecule has 0 unspecified atom stereocenters. The molecule has 3 aromatic rings. The van der Waals surface area contributed by atoms with Crippen molar-refractivity contribution >= 4 is 55.2 Å². The number of para-hydroxylation sites is 1. The molecule has 5 heteroatoms. The lowest BCUT2D eigenvalue weighted by molar-refractivity contribution is 0.0988. The van der Waals surface area contributed by atoms with E-state index in [1.54, 1.807) is 16.2 Å². The molecule has 1 amide bonds. The Hall–Kier alpha value is -1.47. The summed E-state index contributed by atoms with van der Waals surface area (Å²) >= 11 is 3.77. The minimum Gasteiger partial charge on any atom is -0.284 e. The van der Waals surface area contributed by atoms with Crippen LogP contribution in [-0.2, 0) is 0 Å². The molecule has 0 fully saturated rings. The van der Waals surface area contributed by atoms with Crippen molar-refractivity contribution in [1.29, 1.82) is 0 Å². The van der Waals surface area contributed by atoms with Crippen LogP contribution >= 0.6 is 33.9 Å². The Morgan fingerprint density at radius 1 is 1.24 bits per heavy atom. The Labute approximate surface area is 140 Å². The van der Waals surface area contributed by atoms with Crippen LogP contribution in [-0.4, -0.2) is 17.4 Å². The molecule has 0 spiro atoms. The van der Waals surface area contributed by atoms with Gasteiger partial charge in [-0.15, -0.1) is 0 Å². The molecule has 0 aliphatic carbocycles. The van der Waals surface area contributed by atoms with E-state index in [0.29, 0.717) is 12.1 Å². The third-order valence-electron chi connectivity index (χ3n) is 3.15. The average molecular weight is 408 g/mol. The Morgan fingerprint density at radius 3 is 2.76 bits per heavy atom. The lowest BCUT2D eigenvalue weighted by Crippen LogP contribution is -2.30. The Bertz CT molecular complexity index is 767. The van der Waals surface area contributed by atoms with Crippen LogP contribution in [0.2, 0.25) is 0 Å². The molecule has 0 aliphatic heterocycles. The first-order valence-electron chi connectivity index (χ1n) is 6.62. The van der Waals surface area contributed by atoms with Gasteiger partial charge in [0.25, 0.3) is 5.91 Å². The van der Waals surface area contributed by atoms with E-state index in [-0.39, 0.29) is 5.91 Å². The number of hydrogen-bond acceptors (Lipinski definition) is 3. The number of fused-ring (bicyclic) bond motifs is 1. The van der Waals surface area contributed by atoms with Gasteiger partial charge in [0.1, 0.15) is 0 Å². The molecule has 1 heterocycles. The van der Waals surface area contributed by atoms with Crippen molar-refractivity contribution in [3.05, 3.63) is 57.7 Å². The molecule has 0 atom stereocenters. The van der Waals surface area contributed by atoms with Crippen LogP contribution in [0.1, 0.15) is 17.3 Å². The van der Waals surface area contributed by atoms with Crippen LogP contribution in [0.3, 0.4) is 0 Å². The highest BCUT2D eigenvalue weighted by Crippen LogP contribution is 2.29. The van der Waals surface area contributed by atoms with Crippen molar-refractivity contribution in [2.75, 3.05) is 11.4 Å². The molecule has 106 valence electrons. The van der Waals surface area contributed by atoms with Crippen LogP contribution in [0.25, 0.3) is 10.2 Å². The molecule has 0 radical (unpaired) electrons. The van der Waals surface area contributed by atoms with Gasteiger partial charge >= 0.3 is 0 Å². The third kappa shape index (κ3) is 2.94. The zero-order valence-electron chi connectivity index (χ0n) is 11.4. The largest absolute Gasteiger partial charge is 0.284 e. The molecule has 0 N–H and O–H groups in total. The molecule has 2 aromatic carbocycles. The van der Waals surface area contributed by atoms with E-state index >= 15 is 0 Å². The van der Waals surface area contributed by atoms with Gasteiger partial charge in [0.05, 0.1) is 10.2 Å². The van der Waals surface area contributed by atoms with E-state index in [1.807, 2.05) is 55.5 Å². The van der Waals surface area contributed by atoms with E-state index < -0.39 is 0 Å². The third-order valence-corrected chi connectivity index (χ3v) is 4.88. The number of aromatic nitrogens is 1. The molecule has 0 bridgehead atoms. The van der Waals surface area contributed by atoms with Crippen molar-refractivity contribution in [3.63, 3.8) is 0 Å². The van der Waals surface area contributed by atoms with Crippen molar-refractivity contribution in [1.82, 2.24) is 4.98 Å². The maximum atomic E-state index is 12.7. The lowest BCUT2D eigenvalue weighted by atomic mass is 10.2. The quantitative estimate of drug-likeness (QED) is 0.595. The fourth-order valence-electron chi connectivity index (χ4n) is 2.12. The van der Waals surface area contributed by atoms with Crippen LogP contribution in [0, 0.1) is 3.57 Å². The van der Waals surface area contributed by atoms with E-state index in [0.717, 1.165) is 18.9 Å². The topological polar surface area (TPSA) is 33.2 Å². The lowest BCUT2D eigenvalue weighted by Gasteiger charge is -2.17. The Morgan fingerprint density at radius 2 is 2.05 bits per heavy atom. The maximum Gasteiger partial charge on any atom is 0.260 e. The van der Waals surface area contributed by atoms with Crippen LogP contribution in [0.4, 0.5) is 5.13 Å². The smallest absolute Gasteiger partial charge is 0.260 e. The minimum absolute atomic E-state index is 0.00456. The number of nitrogens with zero attached hydrogens (tertiary/aromatic N) is 2. The van der Waals surface area contributed by atoms with Crippen LogP contribution < -0.4 is 4.90 Å². The molecule has 0 saturated carbocycles. The summed E-state index contributed by atoms with van der Waals surface area (Å²) in [7, 11) is 0. The summed E-state index contributed by atoms with van der Waals surface area (Å²) in [5.74, 6) is -0.00456. The number of carbonyl (C=O) groups excluding carboxylic acids is 1. The number of anilines is 1. The van der Waals surface area contributed by atoms with Crippen molar-refractivity contribution < 1.29 is 4.79 Å². The van der Waals surface area contributed by atoms with Gasteiger partial charge in [0.2, 0.25) is 0 Å². The van der Waals surface area contributed by atoms with Crippen molar-refractivity contribution in [2.45, 2.75) is 6.92 Å². The van der Waals surface area contributed by atoms with Gasteiger partial charge in [-0.1, -0.05) is 29.5 Å². The van der Waals surface area contributed by atoms with Gasteiger partial charge in [0.15, 0.2) is 5.13 Å². The first-order chi connectivity index (χ1) is 10.2. The number of rotatable bonds is 3. The second-order valence-corrected chi connectivity index (χ2v) is 6.78. The number of halogens is 1. The van der Waals surface area contributed by atoms with Gasteiger partial charge in [-0.05, 0) is 59.8 Å². The second kappa shape index (κ2) is 6.11. The molecule has 1 aromatic heterocycles. The summed E-state index contributed by atoms with van der Waals surface area (Å²) in [6.45, 7) is 2.57. The van der Waals surface area contributed by atoms with Gasteiger partial charge < -0.3 is 0 Å². The molecule has 0 aliphatic rings. The summed E-state index contributed by atoms with van der Waals surface area (Å²) in [5, 5.41) is 0.752. The van der Waals surface area contributed by atoms with E-state index in [4.69, 9.17) is 0 Å². The maximum absolute atomic E-state index is 12.7. The van der Waals surface area contributed by atoms with Crippen LogP contribution in [0.5, 0.6) is 0 Å². The highest BCUT2D eigenvalue weighted by molar-refractivity contribution is 14.1. The predicted octanol–water partition coefficient (Wildman–Crippen LogP) is 4.57. The SMILES string of the molecule is CCN(C(=O)c1cccc(I)c1)c1nc2ccccc2s1. The molecule has 21 heavy (non-hydrogen) atoms. The van der Waals surface area contributed by atoms with Crippen molar-refractivity contribution in [3.8, 4) is 0 Å². The number of amides is 1. The summed E-state index contributed by atoms with van der Waals surface area (Å²) in [5.41, 5.74) is 1.63. The Kier molecular flexibility index (Phi) is 4.21. The first-order valence-corrected chi connectivity index (χ1v) is 8.51. The second-order valence-electron chi connectivity index (χ2n) is 4.52. The van der Waals surface area contributed by atoms with Crippen LogP contribution in [0.15, 0.2) is 48.5 Å². The molecule has 0 saturated heterocycles. The van der Waals surface area contributed by atoms with E-state index in [2.05, 4.69) is 27.6 Å². The summed E-state index contributed by atoms with van der Waals surface area (Å²) in [4.78, 5) is 19.0. The van der Waals surface area contributed by atoms with E-state index in [9.17, 15) is 4.79 Å². The van der Waals surface area contributed by atoms with Gasteiger partial charge in [-0.2, -0.15) is 0 Å². The summed E-state index contributed by atoms with van der Waals surface area (Å²) in [6.07, 6.45) is 0. The first kappa shape index (κ1) is 14.5. The number of benzene rings is 2. The van der Waals surface area contributed by atoms with E-state index in [1.165, 1.54) is 0 Å². The zero-order valence-corrected chi connectivity index (χ0v) is 14.4. The normalized spacial score (nSPS) is 10.8. The fraction of sp³-hybridized carbons (Fsp3) is 0.125. The Balaban J connectivity index is 1.99. The zero-order chi connectivity index (χ0) is 14.8. The fourth-order valence-corrected chi connectivity index (χ4v) is 3.69. The highest BCUT2D eigenvalue weighted by atomic mass is 127. The number of hydrogen-bond donors (Lipinski definition) is 0. The predicted molar refractivity (Wildman–Crippen MR) is 96.1 cm³/mol. The summed E-state index contributed by atoms with van der Waals surface area (Å²) in [6, 6.07) is 15.6. The highest BCUT2D eigenvalue weighted by Gasteiger charge is 2.19. The molecule has 3 nitrogen and oxygen atoms in total. The number of thiazole rings is 1. The summed E-state index contributed by atoms with van der Waals surface area (Å²) < 4.78 is 2.15. The standard InChI is InChI=1S/C16H13IN2OS/c1-2-19(15(20)11-6-5-7-12(17)10-11)16-18-13-8-3-4-9-14(13)21-16/h3-10H,2H2,1H3. The van der Waals surface area contributed by atoms with Gasteiger partial charge in [0, 0.05) is 15.7 Å². The molecular formula is C16H13IN2OS. The monoisotopic (exact) mass is 408 g/mol.